The van der Waals surface area contributed by atoms with E-state index in [-0.39, 0.29) is 5.41 Å². The van der Waals surface area contributed by atoms with Gasteiger partial charge in [0.05, 0.1) is 6.10 Å². The first kappa shape index (κ1) is 13.2. The lowest BCUT2D eigenvalue weighted by atomic mass is 9.77. The molecule has 0 saturated heterocycles. The highest BCUT2D eigenvalue weighted by atomic mass is 35.5. The van der Waals surface area contributed by atoms with Gasteiger partial charge in [-0.15, -0.1) is 0 Å². The molecule has 1 fully saturated rings. The van der Waals surface area contributed by atoms with E-state index in [4.69, 9.17) is 28.9 Å². The zero-order chi connectivity index (χ0) is 12.5. The Bertz CT molecular complexity index is 402. The first-order valence-electron chi connectivity index (χ1n) is 5.92. The Balaban J connectivity index is 2.35. The van der Waals surface area contributed by atoms with Crippen molar-refractivity contribution in [3.05, 3.63) is 33.8 Å². The molecule has 2 nitrogen and oxygen atoms in total. The Kier molecular flexibility index (Phi) is 3.99. The standard InChI is InChI=1S/C13H17Cl2NO/c14-9-3-4-11(15)10(7-9)12(17)13(8-16)5-1-2-6-13/h3-4,7,12,17H,1-2,5-6,8,16H2. The molecule has 17 heavy (non-hydrogen) atoms. The molecule has 0 heterocycles. The largest absolute Gasteiger partial charge is 0.388 e. The number of benzene rings is 1. The van der Waals surface area contributed by atoms with E-state index in [0.717, 1.165) is 25.7 Å². The Morgan fingerprint density at radius 3 is 2.53 bits per heavy atom. The van der Waals surface area contributed by atoms with Crippen LogP contribution < -0.4 is 5.73 Å². The molecular formula is C13H17Cl2NO. The van der Waals surface area contributed by atoms with Gasteiger partial charge >= 0.3 is 0 Å². The summed E-state index contributed by atoms with van der Waals surface area (Å²) in [6.07, 6.45) is 3.51. The number of aliphatic hydroxyl groups excluding tert-OH is 1. The van der Waals surface area contributed by atoms with E-state index in [1.165, 1.54) is 0 Å². The molecule has 1 atom stereocenters. The van der Waals surface area contributed by atoms with Crippen molar-refractivity contribution in [1.82, 2.24) is 0 Å². The van der Waals surface area contributed by atoms with Crippen molar-refractivity contribution in [3.8, 4) is 0 Å². The zero-order valence-electron chi connectivity index (χ0n) is 9.63. The minimum absolute atomic E-state index is 0.228. The van der Waals surface area contributed by atoms with Crippen LogP contribution in [0.4, 0.5) is 0 Å². The van der Waals surface area contributed by atoms with E-state index in [0.29, 0.717) is 22.2 Å². The maximum absolute atomic E-state index is 10.6. The van der Waals surface area contributed by atoms with Gasteiger partial charge in [0.25, 0.3) is 0 Å². The first-order chi connectivity index (χ1) is 8.09. The van der Waals surface area contributed by atoms with Crippen molar-refractivity contribution in [2.75, 3.05) is 6.54 Å². The van der Waals surface area contributed by atoms with Gasteiger partial charge in [-0.2, -0.15) is 0 Å². The molecule has 0 bridgehead atoms. The Morgan fingerprint density at radius 1 is 1.29 bits per heavy atom. The van der Waals surface area contributed by atoms with Gasteiger partial charge in [0.15, 0.2) is 0 Å². The summed E-state index contributed by atoms with van der Waals surface area (Å²) in [5.41, 5.74) is 6.33. The van der Waals surface area contributed by atoms with Crippen LogP contribution in [-0.2, 0) is 0 Å². The Labute approximate surface area is 112 Å². The number of halogens is 2. The number of rotatable bonds is 3. The summed E-state index contributed by atoms with van der Waals surface area (Å²) in [5, 5.41) is 11.7. The molecule has 0 radical (unpaired) electrons. The van der Waals surface area contributed by atoms with Crippen molar-refractivity contribution >= 4 is 23.2 Å². The summed E-state index contributed by atoms with van der Waals surface area (Å²) < 4.78 is 0. The summed E-state index contributed by atoms with van der Waals surface area (Å²) >= 11 is 12.1. The molecule has 0 aromatic heterocycles. The highest BCUT2D eigenvalue weighted by molar-refractivity contribution is 6.33. The molecule has 94 valence electrons. The molecule has 0 aliphatic heterocycles. The van der Waals surface area contributed by atoms with Crippen LogP contribution in [0, 0.1) is 5.41 Å². The third kappa shape index (κ3) is 2.45. The molecule has 1 aliphatic rings. The predicted molar refractivity (Wildman–Crippen MR) is 71.4 cm³/mol. The third-order valence-electron chi connectivity index (χ3n) is 3.84. The number of aliphatic hydroxyl groups is 1. The highest BCUT2D eigenvalue weighted by Crippen LogP contribution is 2.48. The summed E-state index contributed by atoms with van der Waals surface area (Å²) in [4.78, 5) is 0. The average molecular weight is 274 g/mol. The molecule has 1 saturated carbocycles. The van der Waals surface area contributed by atoms with Gasteiger partial charge in [-0.1, -0.05) is 36.0 Å². The van der Waals surface area contributed by atoms with Gasteiger partial charge < -0.3 is 10.8 Å². The van der Waals surface area contributed by atoms with E-state index in [1.807, 2.05) is 0 Å². The minimum atomic E-state index is -0.624. The maximum Gasteiger partial charge on any atom is 0.0873 e. The van der Waals surface area contributed by atoms with Crippen LogP contribution in [-0.4, -0.2) is 11.7 Å². The fraction of sp³-hybridized carbons (Fsp3) is 0.538. The second-order valence-corrected chi connectivity index (χ2v) is 5.69. The number of hydrogen-bond acceptors (Lipinski definition) is 2. The monoisotopic (exact) mass is 273 g/mol. The second kappa shape index (κ2) is 5.15. The van der Waals surface area contributed by atoms with E-state index < -0.39 is 6.10 Å². The average Bonchev–Trinajstić information content (AvgIpc) is 2.81. The van der Waals surface area contributed by atoms with Crippen molar-refractivity contribution in [2.45, 2.75) is 31.8 Å². The quantitative estimate of drug-likeness (QED) is 0.885. The van der Waals surface area contributed by atoms with E-state index in [1.54, 1.807) is 18.2 Å². The van der Waals surface area contributed by atoms with Gasteiger partial charge in [-0.25, -0.2) is 0 Å². The van der Waals surface area contributed by atoms with Gasteiger partial charge in [-0.05, 0) is 31.0 Å². The second-order valence-electron chi connectivity index (χ2n) is 4.84. The summed E-state index contributed by atoms with van der Waals surface area (Å²) in [6, 6.07) is 5.19. The van der Waals surface area contributed by atoms with Crippen LogP contribution in [0.15, 0.2) is 18.2 Å². The molecule has 1 aromatic rings. The molecule has 1 aromatic carbocycles. The highest BCUT2D eigenvalue weighted by Gasteiger charge is 2.40. The molecule has 3 N–H and O–H groups in total. The Morgan fingerprint density at radius 2 is 1.94 bits per heavy atom. The van der Waals surface area contributed by atoms with Gasteiger partial charge in [-0.3, -0.25) is 0 Å². The lowest BCUT2D eigenvalue weighted by Crippen LogP contribution is -2.34. The summed E-state index contributed by atoms with van der Waals surface area (Å²) in [7, 11) is 0. The normalized spacial score (nSPS) is 20.5. The molecule has 1 aliphatic carbocycles. The van der Waals surface area contributed by atoms with E-state index in [9.17, 15) is 5.11 Å². The Hall–Kier alpha value is -0.280. The van der Waals surface area contributed by atoms with Gasteiger partial charge in [0.2, 0.25) is 0 Å². The molecule has 0 spiro atoms. The number of nitrogens with two attached hydrogens (primary N) is 1. The summed E-state index contributed by atoms with van der Waals surface area (Å²) in [5.74, 6) is 0. The molecular weight excluding hydrogens is 257 g/mol. The molecule has 1 unspecified atom stereocenters. The van der Waals surface area contributed by atoms with E-state index in [2.05, 4.69) is 0 Å². The van der Waals surface area contributed by atoms with Crippen LogP contribution in [0.25, 0.3) is 0 Å². The predicted octanol–water partition coefficient (Wildman–Crippen LogP) is 3.55. The minimum Gasteiger partial charge on any atom is -0.388 e. The fourth-order valence-electron chi connectivity index (χ4n) is 2.72. The van der Waals surface area contributed by atoms with Gasteiger partial charge in [0, 0.05) is 27.6 Å². The van der Waals surface area contributed by atoms with Crippen molar-refractivity contribution < 1.29 is 5.11 Å². The molecule has 2 rings (SSSR count). The van der Waals surface area contributed by atoms with Crippen LogP contribution in [0.5, 0.6) is 0 Å². The van der Waals surface area contributed by atoms with Crippen LogP contribution in [0.3, 0.4) is 0 Å². The van der Waals surface area contributed by atoms with Crippen LogP contribution >= 0.6 is 23.2 Å². The van der Waals surface area contributed by atoms with Crippen LogP contribution in [0.2, 0.25) is 10.0 Å². The lowest BCUT2D eigenvalue weighted by Gasteiger charge is -2.33. The number of hydrogen-bond donors (Lipinski definition) is 2. The first-order valence-corrected chi connectivity index (χ1v) is 6.68. The molecule has 0 amide bonds. The lowest BCUT2D eigenvalue weighted by molar-refractivity contribution is 0.0334. The van der Waals surface area contributed by atoms with Crippen LogP contribution in [0.1, 0.15) is 37.4 Å². The topological polar surface area (TPSA) is 46.2 Å². The third-order valence-corrected chi connectivity index (χ3v) is 4.42. The van der Waals surface area contributed by atoms with Crippen molar-refractivity contribution in [3.63, 3.8) is 0 Å². The van der Waals surface area contributed by atoms with Crippen molar-refractivity contribution in [1.29, 1.82) is 0 Å². The summed E-state index contributed by atoms with van der Waals surface area (Å²) in [6.45, 7) is 0.483. The SMILES string of the molecule is NCC1(C(O)c2cc(Cl)ccc2Cl)CCCC1. The van der Waals surface area contributed by atoms with Gasteiger partial charge in [0.1, 0.15) is 0 Å². The smallest absolute Gasteiger partial charge is 0.0873 e. The van der Waals surface area contributed by atoms with Crippen molar-refractivity contribution in [2.24, 2.45) is 11.1 Å². The zero-order valence-corrected chi connectivity index (χ0v) is 11.1. The fourth-order valence-corrected chi connectivity index (χ4v) is 3.12. The van der Waals surface area contributed by atoms with E-state index >= 15 is 0 Å². The molecule has 4 heteroatoms. The maximum atomic E-state index is 10.6.